The monoisotopic (exact) mass is 286 g/mol. The molecule has 0 saturated carbocycles. The minimum Gasteiger partial charge on any atom is -0.479 e. The second-order valence-corrected chi connectivity index (χ2v) is 6.03. The van der Waals surface area contributed by atoms with Crippen LogP contribution in [0.5, 0.6) is 5.75 Å². The van der Waals surface area contributed by atoms with E-state index in [2.05, 4.69) is 0 Å². The van der Waals surface area contributed by atoms with Gasteiger partial charge in [0.2, 0.25) is 0 Å². The van der Waals surface area contributed by atoms with Gasteiger partial charge in [-0.2, -0.15) is 0 Å². The van der Waals surface area contributed by atoms with Crippen LogP contribution in [-0.2, 0) is 19.4 Å². The Morgan fingerprint density at radius 2 is 2.00 bits per heavy atom. The van der Waals surface area contributed by atoms with Gasteiger partial charge in [-0.25, -0.2) is 13.2 Å². The maximum Gasteiger partial charge on any atom is 0.347 e. The third-order valence-electron chi connectivity index (χ3n) is 2.43. The molecular formula is C13H18O5S. The Balaban J connectivity index is 2.89. The van der Waals surface area contributed by atoms with E-state index in [-0.39, 0.29) is 11.5 Å². The Morgan fingerprint density at radius 3 is 2.53 bits per heavy atom. The van der Waals surface area contributed by atoms with E-state index in [9.17, 15) is 13.2 Å². The molecule has 0 N–H and O–H groups in total. The van der Waals surface area contributed by atoms with Crippen molar-refractivity contribution in [1.29, 1.82) is 0 Å². The number of sulfone groups is 1. The van der Waals surface area contributed by atoms with Crippen LogP contribution in [0.3, 0.4) is 0 Å². The third kappa shape index (κ3) is 4.55. The third-order valence-corrected chi connectivity index (χ3v) is 3.54. The minimum absolute atomic E-state index is 0.156. The highest BCUT2D eigenvalue weighted by molar-refractivity contribution is 7.90. The lowest BCUT2D eigenvalue weighted by atomic mass is 10.2. The predicted molar refractivity (Wildman–Crippen MR) is 70.9 cm³/mol. The van der Waals surface area contributed by atoms with E-state index in [0.29, 0.717) is 12.2 Å². The molecule has 1 unspecified atom stereocenters. The van der Waals surface area contributed by atoms with Gasteiger partial charge in [-0.1, -0.05) is 13.0 Å². The van der Waals surface area contributed by atoms with Crippen LogP contribution in [0.25, 0.3) is 0 Å². The maximum absolute atomic E-state index is 11.6. The largest absolute Gasteiger partial charge is 0.479 e. The van der Waals surface area contributed by atoms with Crippen LogP contribution >= 0.6 is 0 Å². The van der Waals surface area contributed by atoms with Crippen molar-refractivity contribution < 1.29 is 22.7 Å². The number of hydrogen-bond acceptors (Lipinski definition) is 5. The summed E-state index contributed by atoms with van der Waals surface area (Å²) in [6.45, 7) is 3.79. The van der Waals surface area contributed by atoms with E-state index in [4.69, 9.17) is 9.47 Å². The summed E-state index contributed by atoms with van der Waals surface area (Å²) in [6, 6.07) is 6.06. The highest BCUT2D eigenvalue weighted by Gasteiger charge is 2.20. The summed E-state index contributed by atoms with van der Waals surface area (Å²) in [7, 11) is -3.29. The zero-order chi connectivity index (χ0) is 14.5. The van der Waals surface area contributed by atoms with Gasteiger partial charge < -0.3 is 9.47 Å². The van der Waals surface area contributed by atoms with Crippen LogP contribution in [-0.4, -0.2) is 33.4 Å². The molecule has 0 aliphatic heterocycles. The molecule has 0 saturated heterocycles. The quantitative estimate of drug-likeness (QED) is 0.746. The molecule has 0 amide bonds. The summed E-state index contributed by atoms with van der Waals surface area (Å²) in [5.41, 5.74) is 0. The first-order valence-electron chi connectivity index (χ1n) is 6.01. The lowest BCUT2D eigenvalue weighted by Crippen LogP contribution is -2.28. The number of hydrogen-bond donors (Lipinski definition) is 0. The van der Waals surface area contributed by atoms with E-state index in [1.807, 2.05) is 0 Å². The van der Waals surface area contributed by atoms with E-state index in [1.54, 1.807) is 26.0 Å². The second-order valence-electron chi connectivity index (χ2n) is 4.01. The number of rotatable bonds is 6. The first-order chi connectivity index (χ1) is 8.88. The Kier molecular flexibility index (Phi) is 5.35. The van der Waals surface area contributed by atoms with Crippen LogP contribution in [0.15, 0.2) is 29.2 Å². The molecule has 6 heteroatoms. The Morgan fingerprint density at radius 1 is 1.32 bits per heavy atom. The minimum atomic E-state index is -3.29. The topological polar surface area (TPSA) is 69.7 Å². The van der Waals surface area contributed by atoms with Crippen LogP contribution in [0.1, 0.15) is 20.3 Å². The van der Waals surface area contributed by atoms with Gasteiger partial charge in [-0.15, -0.1) is 0 Å². The fraction of sp³-hybridized carbons (Fsp3) is 0.462. The van der Waals surface area contributed by atoms with Gasteiger partial charge in [-0.3, -0.25) is 0 Å². The molecule has 0 aromatic heterocycles. The van der Waals surface area contributed by atoms with E-state index in [0.717, 1.165) is 6.26 Å². The second kappa shape index (κ2) is 6.56. The lowest BCUT2D eigenvalue weighted by Gasteiger charge is -2.16. The van der Waals surface area contributed by atoms with Crippen LogP contribution in [0, 0.1) is 0 Å². The van der Waals surface area contributed by atoms with Crippen molar-refractivity contribution in [3.8, 4) is 5.75 Å². The van der Waals surface area contributed by atoms with Crippen molar-refractivity contribution in [1.82, 2.24) is 0 Å². The maximum atomic E-state index is 11.6. The van der Waals surface area contributed by atoms with Crippen LogP contribution in [0.4, 0.5) is 0 Å². The van der Waals surface area contributed by atoms with Crippen molar-refractivity contribution in [2.24, 2.45) is 0 Å². The number of carbonyl (C=O) groups excluding carboxylic acids is 1. The standard InChI is InChI=1S/C13H18O5S/c1-4-12(13(14)17-5-2)18-10-7-6-8-11(9-10)19(3,15)16/h6-9,12H,4-5H2,1-3H3. The van der Waals surface area contributed by atoms with Crippen molar-refractivity contribution in [2.75, 3.05) is 12.9 Å². The van der Waals surface area contributed by atoms with Crippen LogP contribution < -0.4 is 4.74 Å². The van der Waals surface area contributed by atoms with Gasteiger partial charge in [0.1, 0.15) is 5.75 Å². The highest BCUT2D eigenvalue weighted by atomic mass is 32.2. The molecule has 0 heterocycles. The van der Waals surface area contributed by atoms with Crippen molar-refractivity contribution >= 4 is 15.8 Å². The molecular weight excluding hydrogens is 268 g/mol. The summed E-state index contributed by atoms with van der Waals surface area (Å²) in [4.78, 5) is 11.8. The zero-order valence-corrected chi connectivity index (χ0v) is 12.1. The van der Waals surface area contributed by atoms with Gasteiger partial charge >= 0.3 is 5.97 Å². The fourth-order valence-corrected chi connectivity index (χ4v) is 2.13. The smallest absolute Gasteiger partial charge is 0.347 e. The zero-order valence-electron chi connectivity index (χ0n) is 11.3. The molecule has 1 aromatic carbocycles. The fourth-order valence-electron chi connectivity index (χ4n) is 1.48. The van der Waals surface area contributed by atoms with Gasteiger partial charge in [0.25, 0.3) is 0 Å². The van der Waals surface area contributed by atoms with Gasteiger partial charge in [-0.05, 0) is 31.5 Å². The van der Waals surface area contributed by atoms with E-state index in [1.165, 1.54) is 12.1 Å². The Bertz CT molecular complexity index is 536. The summed E-state index contributed by atoms with van der Waals surface area (Å²) in [5.74, 6) is -0.113. The summed E-state index contributed by atoms with van der Waals surface area (Å²) >= 11 is 0. The Labute approximate surface area is 113 Å². The molecule has 0 spiro atoms. The van der Waals surface area contributed by atoms with Crippen molar-refractivity contribution in [2.45, 2.75) is 31.3 Å². The molecule has 106 valence electrons. The summed E-state index contributed by atoms with van der Waals surface area (Å²) < 4.78 is 33.2. The highest BCUT2D eigenvalue weighted by Crippen LogP contribution is 2.19. The molecule has 0 bridgehead atoms. The predicted octanol–water partition coefficient (Wildman–Crippen LogP) is 1.81. The summed E-state index contributed by atoms with van der Waals surface area (Å²) in [6.07, 6.45) is 0.839. The van der Waals surface area contributed by atoms with E-state index < -0.39 is 21.9 Å². The molecule has 0 fully saturated rings. The normalized spacial score (nSPS) is 12.8. The number of ether oxygens (including phenoxy) is 2. The van der Waals surface area contributed by atoms with Gasteiger partial charge in [0.15, 0.2) is 15.9 Å². The number of benzene rings is 1. The first kappa shape index (κ1) is 15.5. The van der Waals surface area contributed by atoms with Crippen molar-refractivity contribution in [3.63, 3.8) is 0 Å². The van der Waals surface area contributed by atoms with Crippen LogP contribution in [0.2, 0.25) is 0 Å². The molecule has 0 aliphatic carbocycles. The molecule has 5 nitrogen and oxygen atoms in total. The average molecular weight is 286 g/mol. The SMILES string of the molecule is CCOC(=O)C(CC)Oc1cccc(S(C)(=O)=O)c1. The van der Waals surface area contributed by atoms with Gasteiger partial charge in [0.05, 0.1) is 11.5 Å². The molecule has 0 aliphatic rings. The number of carbonyl (C=O) groups is 1. The molecule has 1 rings (SSSR count). The summed E-state index contributed by atoms with van der Waals surface area (Å²) in [5, 5.41) is 0. The lowest BCUT2D eigenvalue weighted by molar-refractivity contribution is -0.151. The molecule has 1 atom stereocenters. The Hall–Kier alpha value is -1.56. The van der Waals surface area contributed by atoms with Gasteiger partial charge in [0, 0.05) is 6.26 Å². The first-order valence-corrected chi connectivity index (χ1v) is 7.91. The van der Waals surface area contributed by atoms with E-state index >= 15 is 0 Å². The molecule has 1 aromatic rings. The molecule has 0 radical (unpaired) electrons. The molecule has 19 heavy (non-hydrogen) atoms. The average Bonchev–Trinajstić information content (AvgIpc) is 2.35. The number of esters is 1. The van der Waals surface area contributed by atoms with Crippen molar-refractivity contribution in [3.05, 3.63) is 24.3 Å².